The second-order valence-electron chi connectivity index (χ2n) is 4.89. The van der Waals surface area contributed by atoms with Gasteiger partial charge in [-0.1, -0.05) is 19.1 Å². The van der Waals surface area contributed by atoms with Crippen molar-refractivity contribution in [2.75, 3.05) is 0 Å². The van der Waals surface area contributed by atoms with Crippen molar-refractivity contribution in [1.82, 2.24) is 9.78 Å². The molecule has 1 heterocycles. The molecule has 0 saturated carbocycles. The summed E-state index contributed by atoms with van der Waals surface area (Å²) in [5.41, 5.74) is 10.7. The third-order valence-corrected chi connectivity index (χ3v) is 3.27. The van der Waals surface area contributed by atoms with Crippen LogP contribution in [0, 0.1) is 13.8 Å². The molecule has 18 heavy (non-hydrogen) atoms. The fourth-order valence-electron chi connectivity index (χ4n) is 2.03. The number of aromatic nitrogens is 2. The molecule has 2 aromatic rings. The standard InChI is InChI=1S/C15H21N3/c1-4-14(16)9-13-6-5-11(2)15(10-13)18-8-7-12(3)17-18/h5-8,10,14H,4,9,16H2,1-3H3. The summed E-state index contributed by atoms with van der Waals surface area (Å²) in [4.78, 5) is 0. The molecule has 1 unspecified atom stereocenters. The summed E-state index contributed by atoms with van der Waals surface area (Å²) in [6.45, 7) is 6.23. The fourth-order valence-corrected chi connectivity index (χ4v) is 2.03. The van der Waals surface area contributed by atoms with E-state index in [2.05, 4.69) is 37.1 Å². The maximum absolute atomic E-state index is 6.01. The quantitative estimate of drug-likeness (QED) is 0.897. The van der Waals surface area contributed by atoms with Gasteiger partial charge in [0.25, 0.3) is 0 Å². The van der Waals surface area contributed by atoms with E-state index in [1.54, 1.807) is 0 Å². The van der Waals surface area contributed by atoms with Crippen LogP contribution in [0.3, 0.4) is 0 Å². The van der Waals surface area contributed by atoms with Crippen LogP contribution in [0.5, 0.6) is 0 Å². The maximum Gasteiger partial charge on any atom is 0.0677 e. The number of aryl methyl sites for hydroxylation is 2. The predicted molar refractivity (Wildman–Crippen MR) is 75.0 cm³/mol. The minimum Gasteiger partial charge on any atom is -0.327 e. The van der Waals surface area contributed by atoms with Crippen molar-refractivity contribution in [3.8, 4) is 5.69 Å². The van der Waals surface area contributed by atoms with Gasteiger partial charge < -0.3 is 5.73 Å². The van der Waals surface area contributed by atoms with E-state index in [0.29, 0.717) is 0 Å². The Hall–Kier alpha value is -1.61. The van der Waals surface area contributed by atoms with Crippen molar-refractivity contribution in [1.29, 1.82) is 0 Å². The Bertz CT molecular complexity index is 528. The summed E-state index contributed by atoms with van der Waals surface area (Å²) >= 11 is 0. The molecule has 2 N–H and O–H groups in total. The molecule has 0 aliphatic carbocycles. The van der Waals surface area contributed by atoms with Crippen LogP contribution in [-0.2, 0) is 6.42 Å². The molecule has 0 aliphatic rings. The predicted octanol–water partition coefficient (Wildman–Crippen LogP) is 2.77. The van der Waals surface area contributed by atoms with E-state index in [-0.39, 0.29) is 6.04 Å². The van der Waals surface area contributed by atoms with Crippen molar-refractivity contribution in [3.63, 3.8) is 0 Å². The summed E-state index contributed by atoms with van der Waals surface area (Å²) in [6.07, 6.45) is 3.93. The van der Waals surface area contributed by atoms with E-state index >= 15 is 0 Å². The maximum atomic E-state index is 6.01. The van der Waals surface area contributed by atoms with Gasteiger partial charge >= 0.3 is 0 Å². The average molecular weight is 243 g/mol. The highest BCUT2D eigenvalue weighted by Crippen LogP contribution is 2.17. The van der Waals surface area contributed by atoms with Gasteiger partial charge in [-0.2, -0.15) is 5.10 Å². The Balaban J connectivity index is 2.32. The number of benzene rings is 1. The molecule has 0 bridgehead atoms. The summed E-state index contributed by atoms with van der Waals surface area (Å²) < 4.78 is 1.94. The average Bonchev–Trinajstić information content (AvgIpc) is 2.78. The molecule has 96 valence electrons. The smallest absolute Gasteiger partial charge is 0.0677 e. The van der Waals surface area contributed by atoms with Gasteiger partial charge in [0, 0.05) is 12.2 Å². The largest absolute Gasteiger partial charge is 0.327 e. The summed E-state index contributed by atoms with van der Waals surface area (Å²) in [6, 6.07) is 8.75. The number of hydrogen-bond donors (Lipinski definition) is 1. The molecule has 0 radical (unpaired) electrons. The van der Waals surface area contributed by atoms with Gasteiger partial charge in [-0.05, 0) is 49.9 Å². The third-order valence-electron chi connectivity index (χ3n) is 3.27. The van der Waals surface area contributed by atoms with Crippen LogP contribution in [0.2, 0.25) is 0 Å². The number of nitrogens with two attached hydrogens (primary N) is 1. The normalized spacial score (nSPS) is 12.7. The van der Waals surface area contributed by atoms with Crippen molar-refractivity contribution in [3.05, 3.63) is 47.3 Å². The van der Waals surface area contributed by atoms with E-state index in [9.17, 15) is 0 Å². The van der Waals surface area contributed by atoms with Gasteiger partial charge in [0.2, 0.25) is 0 Å². The summed E-state index contributed by atoms with van der Waals surface area (Å²) in [5.74, 6) is 0. The lowest BCUT2D eigenvalue weighted by Crippen LogP contribution is -2.21. The van der Waals surface area contributed by atoms with Crippen LogP contribution in [0.1, 0.15) is 30.2 Å². The fraction of sp³-hybridized carbons (Fsp3) is 0.400. The highest BCUT2D eigenvalue weighted by atomic mass is 15.3. The molecule has 0 fully saturated rings. The van der Waals surface area contributed by atoms with Gasteiger partial charge in [-0.25, -0.2) is 4.68 Å². The van der Waals surface area contributed by atoms with Crippen LogP contribution in [-0.4, -0.2) is 15.8 Å². The van der Waals surface area contributed by atoms with E-state index in [1.807, 2.05) is 23.9 Å². The molecular formula is C15H21N3. The van der Waals surface area contributed by atoms with Gasteiger partial charge in [-0.15, -0.1) is 0 Å². The zero-order chi connectivity index (χ0) is 13.1. The van der Waals surface area contributed by atoms with Crippen molar-refractivity contribution >= 4 is 0 Å². The van der Waals surface area contributed by atoms with Gasteiger partial charge in [0.1, 0.15) is 0 Å². The number of hydrogen-bond acceptors (Lipinski definition) is 2. The Labute approximate surface area is 109 Å². The molecule has 0 saturated heterocycles. The number of rotatable bonds is 4. The van der Waals surface area contributed by atoms with Gasteiger partial charge in [-0.3, -0.25) is 0 Å². The minimum absolute atomic E-state index is 0.236. The Morgan fingerprint density at radius 2 is 2.06 bits per heavy atom. The molecule has 3 nitrogen and oxygen atoms in total. The topological polar surface area (TPSA) is 43.8 Å². The SMILES string of the molecule is CCC(N)Cc1ccc(C)c(-n2ccc(C)n2)c1. The molecule has 1 aromatic heterocycles. The third kappa shape index (κ3) is 2.79. The Morgan fingerprint density at radius 3 is 2.67 bits per heavy atom. The van der Waals surface area contributed by atoms with E-state index in [0.717, 1.165) is 24.2 Å². The van der Waals surface area contributed by atoms with Crippen molar-refractivity contribution in [2.45, 2.75) is 39.7 Å². The van der Waals surface area contributed by atoms with Crippen LogP contribution in [0.4, 0.5) is 0 Å². The first-order valence-corrected chi connectivity index (χ1v) is 6.48. The minimum atomic E-state index is 0.236. The molecule has 3 heteroatoms. The first-order chi connectivity index (χ1) is 8.60. The molecule has 1 atom stereocenters. The van der Waals surface area contributed by atoms with Crippen LogP contribution in [0.15, 0.2) is 30.5 Å². The molecule has 1 aromatic carbocycles. The molecule has 0 spiro atoms. The second-order valence-corrected chi connectivity index (χ2v) is 4.89. The molecule has 0 amide bonds. The zero-order valence-corrected chi connectivity index (χ0v) is 11.4. The van der Waals surface area contributed by atoms with Crippen LogP contribution < -0.4 is 5.73 Å². The molecule has 2 rings (SSSR count). The summed E-state index contributed by atoms with van der Waals surface area (Å²) in [7, 11) is 0. The van der Waals surface area contributed by atoms with E-state index in [4.69, 9.17) is 5.73 Å². The number of nitrogens with zero attached hydrogens (tertiary/aromatic N) is 2. The van der Waals surface area contributed by atoms with Crippen LogP contribution >= 0.6 is 0 Å². The monoisotopic (exact) mass is 243 g/mol. The lowest BCUT2D eigenvalue weighted by atomic mass is 10.0. The van der Waals surface area contributed by atoms with Crippen molar-refractivity contribution in [2.24, 2.45) is 5.73 Å². The highest BCUT2D eigenvalue weighted by Gasteiger charge is 2.06. The first-order valence-electron chi connectivity index (χ1n) is 6.48. The summed E-state index contributed by atoms with van der Waals surface area (Å²) in [5, 5.41) is 4.47. The lowest BCUT2D eigenvalue weighted by molar-refractivity contribution is 0.646. The second kappa shape index (κ2) is 5.36. The zero-order valence-electron chi connectivity index (χ0n) is 11.4. The van der Waals surface area contributed by atoms with Crippen LogP contribution in [0.25, 0.3) is 5.69 Å². The Morgan fingerprint density at radius 1 is 1.28 bits per heavy atom. The first kappa shape index (κ1) is 12.8. The highest BCUT2D eigenvalue weighted by molar-refractivity contribution is 5.43. The van der Waals surface area contributed by atoms with E-state index < -0.39 is 0 Å². The molecular weight excluding hydrogens is 222 g/mol. The van der Waals surface area contributed by atoms with Gasteiger partial charge in [0.05, 0.1) is 11.4 Å². The van der Waals surface area contributed by atoms with Gasteiger partial charge in [0.15, 0.2) is 0 Å². The van der Waals surface area contributed by atoms with Crippen molar-refractivity contribution < 1.29 is 0 Å². The van der Waals surface area contributed by atoms with E-state index in [1.165, 1.54) is 11.1 Å². The molecule has 0 aliphatic heterocycles. The lowest BCUT2D eigenvalue weighted by Gasteiger charge is -2.12. The Kier molecular flexibility index (Phi) is 3.82.